The number of fused-ring (bicyclic) bond motifs is 3. The van der Waals surface area contributed by atoms with Crippen molar-refractivity contribution in [1.29, 1.82) is 0 Å². The highest BCUT2D eigenvalue weighted by atomic mass is 16.7. The van der Waals surface area contributed by atoms with E-state index >= 15 is 0 Å². The molecule has 2 bridgehead atoms. The molecule has 0 spiro atoms. The summed E-state index contributed by atoms with van der Waals surface area (Å²) in [5, 5.41) is 11.2. The van der Waals surface area contributed by atoms with Crippen molar-refractivity contribution in [3.8, 4) is 11.5 Å². The number of hydrogen-bond acceptors (Lipinski definition) is 5. The molecule has 1 aromatic rings. The smallest absolute Gasteiger partial charge is 0.231 e. The van der Waals surface area contributed by atoms with E-state index in [1.54, 1.807) is 7.11 Å². The number of carbonyl (C=O) groups excluding carboxylic acids is 1. The molecule has 134 valence electrons. The molecule has 2 aliphatic carbocycles. The summed E-state index contributed by atoms with van der Waals surface area (Å²) in [5.41, 5.74) is 0.586. The first kappa shape index (κ1) is 16.6. The molecular weight excluding hydrogens is 320 g/mol. The molecule has 4 rings (SSSR count). The van der Waals surface area contributed by atoms with Crippen LogP contribution in [-0.4, -0.2) is 37.0 Å². The summed E-state index contributed by atoms with van der Waals surface area (Å²) in [6.45, 7) is 6.21. The zero-order valence-corrected chi connectivity index (χ0v) is 14.6. The average Bonchev–Trinajstić information content (AvgIpc) is 3.11. The van der Waals surface area contributed by atoms with Crippen molar-refractivity contribution >= 4 is 5.78 Å². The van der Waals surface area contributed by atoms with E-state index < -0.39 is 17.6 Å². The Hall–Kier alpha value is -1.85. The fourth-order valence-electron chi connectivity index (χ4n) is 5.37. The van der Waals surface area contributed by atoms with Crippen molar-refractivity contribution in [2.24, 2.45) is 17.3 Å². The number of rotatable bonds is 4. The van der Waals surface area contributed by atoms with Crippen LogP contribution in [0, 0.1) is 17.3 Å². The second-order valence-corrected chi connectivity index (χ2v) is 7.47. The number of aliphatic hydroxyl groups is 1. The monoisotopic (exact) mass is 344 g/mol. The number of aliphatic hydroxyl groups excluding tert-OH is 1. The third-order valence-corrected chi connectivity index (χ3v) is 6.54. The lowest BCUT2D eigenvalue weighted by Crippen LogP contribution is -2.50. The Kier molecular flexibility index (Phi) is 3.89. The summed E-state index contributed by atoms with van der Waals surface area (Å²) in [5.74, 6) is 1.41. The van der Waals surface area contributed by atoms with Gasteiger partial charge >= 0.3 is 0 Å². The molecule has 1 aromatic carbocycles. The summed E-state index contributed by atoms with van der Waals surface area (Å²) >= 11 is 0. The Morgan fingerprint density at radius 2 is 2.16 bits per heavy atom. The molecule has 0 amide bonds. The number of Topliss-reactive ketones (excluding diaryl/α,β-unsaturated/α-hetero) is 1. The van der Waals surface area contributed by atoms with Gasteiger partial charge in [0.1, 0.15) is 6.10 Å². The predicted molar refractivity (Wildman–Crippen MR) is 91.6 cm³/mol. The molecule has 0 saturated heterocycles. The molecule has 1 heterocycles. The van der Waals surface area contributed by atoms with Gasteiger partial charge in [0.15, 0.2) is 17.3 Å². The highest BCUT2D eigenvalue weighted by molar-refractivity contribution is 5.86. The first-order valence-corrected chi connectivity index (χ1v) is 8.77. The lowest BCUT2D eigenvalue weighted by atomic mass is 9.66. The molecule has 5 heteroatoms. The minimum atomic E-state index is -0.599. The van der Waals surface area contributed by atoms with Gasteiger partial charge in [-0.3, -0.25) is 4.79 Å². The fraction of sp³-hybridized carbons (Fsp3) is 0.550. The van der Waals surface area contributed by atoms with Gasteiger partial charge in [-0.05, 0) is 36.0 Å². The summed E-state index contributed by atoms with van der Waals surface area (Å²) in [7, 11) is 1.55. The van der Waals surface area contributed by atoms with E-state index in [1.165, 1.54) is 0 Å². The molecule has 2 fully saturated rings. The van der Waals surface area contributed by atoms with Gasteiger partial charge in [0.05, 0.1) is 6.10 Å². The Balaban J connectivity index is 1.81. The molecular formula is C20H24O5. The van der Waals surface area contributed by atoms with Crippen molar-refractivity contribution in [3.05, 3.63) is 36.4 Å². The maximum atomic E-state index is 12.7. The van der Waals surface area contributed by atoms with Gasteiger partial charge in [-0.1, -0.05) is 19.1 Å². The van der Waals surface area contributed by atoms with E-state index in [1.807, 2.05) is 24.3 Å². The summed E-state index contributed by atoms with van der Waals surface area (Å²) < 4.78 is 16.5. The lowest BCUT2D eigenvalue weighted by molar-refractivity contribution is -0.149. The Bertz CT molecular complexity index is 714. The molecule has 1 aliphatic heterocycles. The first-order valence-electron chi connectivity index (χ1n) is 8.77. The second kappa shape index (κ2) is 5.85. The number of carbonyl (C=O) groups is 1. The van der Waals surface area contributed by atoms with Gasteiger partial charge < -0.3 is 19.3 Å². The number of ketones is 1. The SMILES string of the molecule is C=CC[C@@]12CC(=O)[C@@H](OC)[C@@H]([C@H](c3ccc4c(c3)OCO4)[C@H]1C)[C@@H]2O. The van der Waals surface area contributed by atoms with Gasteiger partial charge in [0.25, 0.3) is 0 Å². The van der Waals surface area contributed by atoms with Crippen LogP contribution >= 0.6 is 0 Å². The number of allylic oxidation sites excluding steroid dienone is 1. The number of benzene rings is 1. The van der Waals surface area contributed by atoms with E-state index in [0.29, 0.717) is 12.8 Å². The summed E-state index contributed by atoms with van der Waals surface area (Å²) in [4.78, 5) is 12.7. The molecule has 0 unspecified atom stereocenters. The first-order chi connectivity index (χ1) is 12.0. The molecule has 25 heavy (non-hydrogen) atoms. The molecule has 5 nitrogen and oxygen atoms in total. The topological polar surface area (TPSA) is 65.0 Å². The van der Waals surface area contributed by atoms with Crippen LogP contribution in [0.1, 0.15) is 31.2 Å². The van der Waals surface area contributed by atoms with Gasteiger partial charge in [0, 0.05) is 24.9 Å². The van der Waals surface area contributed by atoms with Crippen LogP contribution in [0.3, 0.4) is 0 Å². The largest absolute Gasteiger partial charge is 0.454 e. The van der Waals surface area contributed by atoms with Gasteiger partial charge in [-0.15, -0.1) is 6.58 Å². The average molecular weight is 344 g/mol. The van der Waals surface area contributed by atoms with E-state index in [0.717, 1.165) is 17.1 Å². The molecule has 0 aromatic heterocycles. The fourth-order valence-corrected chi connectivity index (χ4v) is 5.37. The van der Waals surface area contributed by atoms with Crippen LogP contribution in [0.15, 0.2) is 30.9 Å². The van der Waals surface area contributed by atoms with Crippen molar-refractivity contribution in [3.63, 3.8) is 0 Å². The van der Waals surface area contributed by atoms with Crippen molar-refractivity contribution in [2.75, 3.05) is 13.9 Å². The van der Waals surface area contributed by atoms with Gasteiger partial charge in [0.2, 0.25) is 6.79 Å². The number of hydrogen-bond donors (Lipinski definition) is 1. The van der Waals surface area contributed by atoms with E-state index in [-0.39, 0.29) is 30.3 Å². The van der Waals surface area contributed by atoms with Crippen molar-refractivity contribution in [1.82, 2.24) is 0 Å². The standard InChI is InChI=1S/C20H24O5/c1-4-7-20-9-13(21)18(23-3)17(19(20)22)16(11(20)2)12-5-6-14-15(8-12)25-10-24-14/h4-6,8,11,16-19,22H,1,7,9-10H2,2-3H3/t11-,16+,17-,18-,19+,20-/m1/s1. The zero-order chi connectivity index (χ0) is 17.8. The highest BCUT2D eigenvalue weighted by Crippen LogP contribution is 2.62. The Morgan fingerprint density at radius 1 is 1.40 bits per heavy atom. The van der Waals surface area contributed by atoms with E-state index in [9.17, 15) is 9.90 Å². The highest BCUT2D eigenvalue weighted by Gasteiger charge is 2.64. The molecule has 2 saturated carbocycles. The van der Waals surface area contributed by atoms with Crippen LogP contribution in [0.25, 0.3) is 0 Å². The quantitative estimate of drug-likeness (QED) is 0.851. The van der Waals surface area contributed by atoms with Crippen molar-refractivity contribution in [2.45, 2.75) is 37.9 Å². The Morgan fingerprint density at radius 3 is 2.88 bits per heavy atom. The lowest BCUT2D eigenvalue weighted by Gasteiger charge is -2.41. The molecule has 1 N–H and O–H groups in total. The van der Waals surface area contributed by atoms with Crippen LogP contribution < -0.4 is 9.47 Å². The zero-order valence-electron chi connectivity index (χ0n) is 14.6. The minimum Gasteiger partial charge on any atom is -0.454 e. The van der Waals surface area contributed by atoms with E-state index in [4.69, 9.17) is 14.2 Å². The summed E-state index contributed by atoms with van der Waals surface area (Å²) in [6.07, 6.45) is 1.60. The van der Waals surface area contributed by atoms with E-state index in [2.05, 4.69) is 13.5 Å². The van der Waals surface area contributed by atoms with Crippen LogP contribution in [0.4, 0.5) is 0 Å². The second-order valence-electron chi connectivity index (χ2n) is 7.47. The normalized spacial score (nSPS) is 38.8. The summed E-state index contributed by atoms with van der Waals surface area (Å²) in [6, 6.07) is 5.90. The number of methoxy groups -OCH3 is 1. The third-order valence-electron chi connectivity index (χ3n) is 6.54. The molecule has 6 atom stereocenters. The molecule has 0 radical (unpaired) electrons. The minimum absolute atomic E-state index is 0.0147. The van der Waals surface area contributed by atoms with Crippen LogP contribution in [0.2, 0.25) is 0 Å². The maximum absolute atomic E-state index is 12.7. The van der Waals surface area contributed by atoms with Gasteiger partial charge in [-0.2, -0.15) is 0 Å². The Labute approximate surface area is 147 Å². The van der Waals surface area contributed by atoms with Crippen molar-refractivity contribution < 1.29 is 24.1 Å². The maximum Gasteiger partial charge on any atom is 0.231 e. The van der Waals surface area contributed by atoms with Crippen LogP contribution in [0.5, 0.6) is 11.5 Å². The molecule has 3 aliphatic rings. The van der Waals surface area contributed by atoms with Crippen LogP contribution in [-0.2, 0) is 9.53 Å². The third kappa shape index (κ3) is 2.19. The van der Waals surface area contributed by atoms with Gasteiger partial charge in [-0.25, -0.2) is 0 Å². The number of ether oxygens (including phenoxy) is 3. The predicted octanol–water partition coefficient (Wildman–Crippen LogP) is 2.68.